The van der Waals surface area contributed by atoms with Gasteiger partial charge in [0.2, 0.25) is 0 Å². The minimum absolute atomic E-state index is 0.295. The van der Waals surface area contributed by atoms with Gasteiger partial charge in [0.15, 0.2) is 9.84 Å². The SMILES string of the molecule is CCC(CN)N1CCCS(=O)(=O)CC1. The molecule has 0 spiro atoms. The molecule has 1 rings (SSSR count). The lowest BCUT2D eigenvalue weighted by Gasteiger charge is -2.28. The van der Waals surface area contributed by atoms with E-state index in [2.05, 4.69) is 11.8 Å². The van der Waals surface area contributed by atoms with E-state index < -0.39 is 9.84 Å². The van der Waals surface area contributed by atoms with E-state index >= 15 is 0 Å². The molecular formula is C9H20N2O2S. The van der Waals surface area contributed by atoms with Crippen molar-refractivity contribution in [1.29, 1.82) is 0 Å². The number of hydrogen-bond donors (Lipinski definition) is 1. The summed E-state index contributed by atoms with van der Waals surface area (Å²) in [6, 6.07) is 0.350. The van der Waals surface area contributed by atoms with Crippen molar-refractivity contribution in [3.8, 4) is 0 Å². The molecule has 1 aliphatic heterocycles. The van der Waals surface area contributed by atoms with E-state index in [1.54, 1.807) is 0 Å². The van der Waals surface area contributed by atoms with E-state index in [0.29, 0.717) is 30.6 Å². The zero-order valence-corrected chi connectivity index (χ0v) is 9.59. The molecule has 0 amide bonds. The summed E-state index contributed by atoms with van der Waals surface area (Å²) in [4.78, 5) is 2.21. The second-order valence-electron chi connectivity index (χ2n) is 3.84. The molecule has 84 valence electrons. The average Bonchev–Trinajstić information content (AvgIpc) is 2.30. The number of nitrogens with zero attached hydrogens (tertiary/aromatic N) is 1. The van der Waals surface area contributed by atoms with Gasteiger partial charge in [0, 0.05) is 19.1 Å². The molecule has 4 nitrogen and oxygen atoms in total. The fourth-order valence-electron chi connectivity index (χ4n) is 1.90. The van der Waals surface area contributed by atoms with Gasteiger partial charge in [0.05, 0.1) is 11.5 Å². The molecule has 14 heavy (non-hydrogen) atoms. The molecule has 0 saturated carbocycles. The van der Waals surface area contributed by atoms with Crippen LogP contribution in [-0.2, 0) is 9.84 Å². The smallest absolute Gasteiger partial charge is 0.151 e. The molecule has 0 aliphatic carbocycles. The van der Waals surface area contributed by atoms with Crippen LogP contribution in [-0.4, -0.2) is 50.5 Å². The Bertz CT molecular complexity index is 260. The molecule has 1 aliphatic rings. The molecule has 0 radical (unpaired) electrons. The summed E-state index contributed by atoms with van der Waals surface area (Å²) >= 11 is 0. The third-order valence-electron chi connectivity index (χ3n) is 2.85. The Balaban J connectivity index is 2.57. The first kappa shape index (κ1) is 11.9. The highest BCUT2D eigenvalue weighted by Gasteiger charge is 2.22. The van der Waals surface area contributed by atoms with Crippen molar-refractivity contribution in [1.82, 2.24) is 4.90 Å². The largest absolute Gasteiger partial charge is 0.329 e. The van der Waals surface area contributed by atoms with Gasteiger partial charge in [0.25, 0.3) is 0 Å². The highest BCUT2D eigenvalue weighted by molar-refractivity contribution is 7.91. The van der Waals surface area contributed by atoms with Crippen LogP contribution in [0.1, 0.15) is 19.8 Å². The Morgan fingerprint density at radius 3 is 2.64 bits per heavy atom. The van der Waals surface area contributed by atoms with E-state index in [4.69, 9.17) is 5.73 Å². The molecule has 1 heterocycles. The van der Waals surface area contributed by atoms with E-state index in [0.717, 1.165) is 19.4 Å². The van der Waals surface area contributed by atoms with Crippen LogP contribution >= 0.6 is 0 Å². The monoisotopic (exact) mass is 220 g/mol. The summed E-state index contributed by atoms with van der Waals surface area (Å²) in [6.07, 6.45) is 1.75. The fraction of sp³-hybridized carbons (Fsp3) is 1.00. The number of nitrogens with two attached hydrogens (primary N) is 1. The average molecular weight is 220 g/mol. The minimum Gasteiger partial charge on any atom is -0.329 e. The maximum absolute atomic E-state index is 11.4. The van der Waals surface area contributed by atoms with Crippen LogP contribution in [0, 0.1) is 0 Å². The zero-order valence-electron chi connectivity index (χ0n) is 8.78. The van der Waals surface area contributed by atoms with E-state index in [1.807, 2.05) is 0 Å². The van der Waals surface area contributed by atoms with E-state index in [9.17, 15) is 8.42 Å². The van der Waals surface area contributed by atoms with Gasteiger partial charge >= 0.3 is 0 Å². The van der Waals surface area contributed by atoms with Crippen LogP contribution < -0.4 is 5.73 Å². The van der Waals surface area contributed by atoms with Crippen LogP contribution in [0.5, 0.6) is 0 Å². The van der Waals surface area contributed by atoms with Crippen molar-refractivity contribution in [3.63, 3.8) is 0 Å². The van der Waals surface area contributed by atoms with E-state index in [-0.39, 0.29) is 0 Å². The number of sulfone groups is 1. The Morgan fingerprint density at radius 1 is 1.36 bits per heavy atom. The Morgan fingerprint density at radius 2 is 2.07 bits per heavy atom. The molecule has 2 N–H and O–H groups in total. The third-order valence-corrected chi connectivity index (χ3v) is 4.57. The van der Waals surface area contributed by atoms with Crippen molar-refractivity contribution in [2.45, 2.75) is 25.8 Å². The standard InChI is InChI=1S/C9H20N2O2S/c1-2-9(8-10)11-4-3-6-14(12,13)7-5-11/h9H,2-8,10H2,1H3. The molecule has 5 heteroatoms. The Kier molecular flexibility index (Phi) is 4.34. The predicted octanol–water partition coefficient (Wildman–Crippen LogP) is -0.156. The lowest BCUT2D eigenvalue weighted by atomic mass is 10.2. The molecule has 1 atom stereocenters. The van der Waals surface area contributed by atoms with Gasteiger partial charge in [-0.2, -0.15) is 0 Å². The second kappa shape index (κ2) is 5.09. The topological polar surface area (TPSA) is 63.4 Å². The summed E-state index contributed by atoms with van der Waals surface area (Å²) in [6.45, 7) is 4.24. The molecular weight excluding hydrogens is 200 g/mol. The predicted molar refractivity (Wildman–Crippen MR) is 58.0 cm³/mol. The fourth-order valence-corrected chi connectivity index (χ4v) is 3.18. The zero-order chi connectivity index (χ0) is 10.6. The molecule has 1 fully saturated rings. The van der Waals surface area contributed by atoms with Crippen LogP contribution in [0.25, 0.3) is 0 Å². The van der Waals surface area contributed by atoms with Crippen molar-refractivity contribution in [3.05, 3.63) is 0 Å². The maximum atomic E-state index is 11.4. The van der Waals surface area contributed by atoms with Gasteiger partial charge in [-0.3, -0.25) is 4.90 Å². The highest BCUT2D eigenvalue weighted by Crippen LogP contribution is 2.10. The van der Waals surface area contributed by atoms with Gasteiger partial charge in [-0.05, 0) is 19.4 Å². The first-order valence-corrected chi connectivity index (χ1v) is 7.05. The first-order valence-electron chi connectivity index (χ1n) is 5.23. The maximum Gasteiger partial charge on any atom is 0.151 e. The van der Waals surface area contributed by atoms with E-state index in [1.165, 1.54) is 0 Å². The molecule has 1 unspecified atom stereocenters. The highest BCUT2D eigenvalue weighted by atomic mass is 32.2. The number of hydrogen-bond acceptors (Lipinski definition) is 4. The molecule has 0 bridgehead atoms. The third kappa shape index (κ3) is 3.22. The minimum atomic E-state index is -2.78. The summed E-state index contributed by atoms with van der Waals surface area (Å²) < 4.78 is 22.7. The summed E-state index contributed by atoms with van der Waals surface area (Å²) in [5.41, 5.74) is 5.64. The number of rotatable bonds is 3. The Labute approximate surface area is 86.4 Å². The second-order valence-corrected chi connectivity index (χ2v) is 6.14. The van der Waals surface area contributed by atoms with Crippen molar-refractivity contribution in [2.24, 2.45) is 5.73 Å². The lowest BCUT2D eigenvalue weighted by molar-refractivity contribution is 0.210. The molecule has 1 saturated heterocycles. The van der Waals surface area contributed by atoms with Gasteiger partial charge in [-0.25, -0.2) is 8.42 Å². The summed E-state index contributed by atoms with van der Waals surface area (Å²) in [7, 11) is -2.78. The van der Waals surface area contributed by atoms with Crippen molar-refractivity contribution < 1.29 is 8.42 Å². The van der Waals surface area contributed by atoms with Crippen LogP contribution in [0.3, 0.4) is 0 Å². The van der Waals surface area contributed by atoms with Gasteiger partial charge in [-0.1, -0.05) is 6.92 Å². The van der Waals surface area contributed by atoms with Crippen LogP contribution in [0.4, 0.5) is 0 Å². The van der Waals surface area contributed by atoms with Crippen LogP contribution in [0.2, 0.25) is 0 Å². The normalized spacial score (nSPS) is 25.6. The van der Waals surface area contributed by atoms with Gasteiger partial charge < -0.3 is 5.73 Å². The molecule has 0 aromatic heterocycles. The van der Waals surface area contributed by atoms with Crippen molar-refractivity contribution >= 4 is 9.84 Å². The van der Waals surface area contributed by atoms with Crippen LogP contribution in [0.15, 0.2) is 0 Å². The van der Waals surface area contributed by atoms with Crippen molar-refractivity contribution in [2.75, 3.05) is 31.1 Å². The summed E-state index contributed by atoms with van der Waals surface area (Å²) in [5, 5.41) is 0. The first-order chi connectivity index (χ1) is 6.59. The quantitative estimate of drug-likeness (QED) is 0.718. The van der Waals surface area contributed by atoms with Gasteiger partial charge in [0.1, 0.15) is 0 Å². The Hall–Kier alpha value is -0.130. The van der Waals surface area contributed by atoms with Gasteiger partial charge in [-0.15, -0.1) is 0 Å². The molecule has 0 aromatic rings. The lowest BCUT2D eigenvalue weighted by Crippen LogP contribution is -2.41. The summed E-state index contributed by atoms with van der Waals surface area (Å²) in [5.74, 6) is 0.633. The molecule has 0 aromatic carbocycles.